The Labute approximate surface area is 89.4 Å². The van der Waals surface area contributed by atoms with E-state index in [0.29, 0.717) is 11.8 Å². The van der Waals surface area contributed by atoms with Gasteiger partial charge in [-0.25, -0.2) is 4.39 Å². The third-order valence-corrected chi connectivity index (χ3v) is 2.89. The molecule has 1 N–H and O–H groups in total. The standard InChI is InChI=1S/C12H16FNO/c1-15-12-8-9(5-6-10(12)13)11-4-2-3-7-14-11/h5-6,8,11,14H,2-4,7H2,1H3/t11-/m0/s1. The van der Waals surface area contributed by atoms with Crippen molar-refractivity contribution in [2.75, 3.05) is 13.7 Å². The van der Waals surface area contributed by atoms with E-state index in [-0.39, 0.29) is 5.82 Å². The van der Waals surface area contributed by atoms with Crippen LogP contribution in [0.2, 0.25) is 0 Å². The van der Waals surface area contributed by atoms with E-state index in [1.54, 1.807) is 6.07 Å². The normalized spacial score (nSPS) is 21.3. The minimum absolute atomic E-state index is 0.294. The Hall–Kier alpha value is -1.09. The molecule has 1 saturated heterocycles. The third-order valence-electron chi connectivity index (χ3n) is 2.89. The lowest BCUT2D eigenvalue weighted by Gasteiger charge is -2.24. The van der Waals surface area contributed by atoms with Crippen molar-refractivity contribution in [1.29, 1.82) is 0 Å². The number of hydrogen-bond acceptors (Lipinski definition) is 2. The summed E-state index contributed by atoms with van der Waals surface area (Å²) in [4.78, 5) is 0. The quantitative estimate of drug-likeness (QED) is 0.808. The lowest BCUT2D eigenvalue weighted by atomic mass is 9.97. The van der Waals surface area contributed by atoms with Gasteiger partial charge in [0.25, 0.3) is 0 Å². The number of rotatable bonds is 2. The minimum atomic E-state index is -0.294. The predicted octanol–water partition coefficient (Wildman–Crippen LogP) is 2.65. The maximum absolute atomic E-state index is 13.2. The minimum Gasteiger partial charge on any atom is -0.494 e. The first-order chi connectivity index (χ1) is 7.31. The van der Waals surface area contributed by atoms with E-state index in [2.05, 4.69) is 5.32 Å². The molecule has 1 fully saturated rings. The van der Waals surface area contributed by atoms with Gasteiger partial charge in [0.1, 0.15) is 0 Å². The van der Waals surface area contributed by atoms with Crippen LogP contribution in [-0.4, -0.2) is 13.7 Å². The highest BCUT2D eigenvalue weighted by molar-refractivity contribution is 5.32. The second-order valence-corrected chi connectivity index (χ2v) is 3.90. The maximum Gasteiger partial charge on any atom is 0.165 e. The van der Waals surface area contributed by atoms with Crippen molar-refractivity contribution in [2.24, 2.45) is 0 Å². The molecule has 1 aromatic carbocycles. The molecule has 2 nitrogen and oxygen atoms in total. The molecule has 0 spiro atoms. The molecule has 3 heteroatoms. The highest BCUT2D eigenvalue weighted by Crippen LogP contribution is 2.27. The zero-order valence-electron chi connectivity index (χ0n) is 8.92. The number of halogens is 1. The van der Waals surface area contributed by atoms with E-state index in [9.17, 15) is 4.39 Å². The summed E-state index contributed by atoms with van der Waals surface area (Å²) in [6, 6.07) is 5.46. The SMILES string of the molecule is COc1cc([C@@H]2CCCCN2)ccc1F. The van der Waals surface area contributed by atoms with Gasteiger partial charge in [-0.15, -0.1) is 0 Å². The molecule has 1 aromatic rings. The van der Waals surface area contributed by atoms with Gasteiger partial charge in [-0.1, -0.05) is 12.5 Å². The fourth-order valence-corrected chi connectivity index (χ4v) is 2.03. The number of methoxy groups -OCH3 is 1. The molecule has 2 rings (SSSR count). The van der Waals surface area contributed by atoms with Gasteiger partial charge in [-0.3, -0.25) is 0 Å². The van der Waals surface area contributed by atoms with Crippen LogP contribution in [-0.2, 0) is 0 Å². The van der Waals surface area contributed by atoms with Gasteiger partial charge in [0.2, 0.25) is 0 Å². The largest absolute Gasteiger partial charge is 0.494 e. The molecule has 0 unspecified atom stereocenters. The Kier molecular flexibility index (Phi) is 3.21. The van der Waals surface area contributed by atoms with E-state index < -0.39 is 0 Å². The van der Waals surface area contributed by atoms with E-state index in [4.69, 9.17) is 4.74 Å². The van der Waals surface area contributed by atoms with Gasteiger partial charge in [-0.05, 0) is 37.1 Å². The van der Waals surface area contributed by atoms with Gasteiger partial charge in [-0.2, -0.15) is 0 Å². The van der Waals surface area contributed by atoms with Gasteiger partial charge in [0.05, 0.1) is 7.11 Å². The monoisotopic (exact) mass is 209 g/mol. The summed E-state index contributed by atoms with van der Waals surface area (Å²) in [6.07, 6.45) is 3.58. The second-order valence-electron chi connectivity index (χ2n) is 3.90. The van der Waals surface area contributed by atoms with Crippen molar-refractivity contribution in [3.8, 4) is 5.75 Å². The number of piperidine rings is 1. The number of nitrogens with one attached hydrogen (secondary N) is 1. The summed E-state index contributed by atoms with van der Waals surface area (Å²) in [7, 11) is 1.50. The maximum atomic E-state index is 13.2. The lowest BCUT2D eigenvalue weighted by Crippen LogP contribution is -2.26. The van der Waals surface area contributed by atoms with Crippen molar-refractivity contribution in [3.63, 3.8) is 0 Å². The van der Waals surface area contributed by atoms with Crippen molar-refractivity contribution >= 4 is 0 Å². The molecule has 0 radical (unpaired) electrons. The summed E-state index contributed by atoms with van der Waals surface area (Å²) in [5.41, 5.74) is 1.12. The number of benzene rings is 1. The molecule has 0 bridgehead atoms. The Balaban J connectivity index is 2.20. The van der Waals surface area contributed by atoms with Gasteiger partial charge < -0.3 is 10.1 Å². The van der Waals surface area contributed by atoms with Crippen LogP contribution < -0.4 is 10.1 Å². The van der Waals surface area contributed by atoms with Crippen LogP contribution in [0.5, 0.6) is 5.75 Å². The molecule has 0 aliphatic carbocycles. The van der Waals surface area contributed by atoms with E-state index in [1.807, 2.05) is 6.07 Å². The Morgan fingerprint density at radius 2 is 2.27 bits per heavy atom. The zero-order valence-corrected chi connectivity index (χ0v) is 8.92. The number of ether oxygens (including phenoxy) is 1. The Bertz CT molecular complexity index is 334. The van der Waals surface area contributed by atoms with Crippen LogP contribution in [0, 0.1) is 5.82 Å². The van der Waals surface area contributed by atoms with Crippen molar-refractivity contribution in [1.82, 2.24) is 5.32 Å². The molecular weight excluding hydrogens is 193 g/mol. The third kappa shape index (κ3) is 2.29. The molecule has 1 atom stereocenters. The van der Waals surface area contributed by atoms with Crippen molar-refractivity contribution in [3.05, 3.63) is 29.6 Å². The van der Waals surface area contributed by atoms with Crippen molar-refractivity contribution in [2.45, 2.75) is 25.3 Å². The molecule has 1 heterocycles. The smallest absolute Gasteiger partial charge is 0.165 e. The molecule has 0 amide bonds. The van der Waals surface area contributed by atoms with Crippen LogP contribution in [0.3, 0.4) is 0 Å². The van der Waals surface area contributed by atoms with Crippen LogP contribution >= 0.6 is 0 Å². The summed E-state index contributed by atoms with van der Waals surface area (Å²) >= 11 is 0. The fourth-order valence-electron chi connectivity index (χ4n) is 2.03. The number of hydrogen-bond donors (Lipinski definition) is 1. The first-order valence-electron chi connectivity index (χ1n) is 5.38. The average molecular weight is 209 g/mol. The van der Waals surface area contributed by atoms with E-state index >= 15 is 0 Å². The second kappa shape index (κ2) is 4.62. The van der Waals surface area contributed by atoms with Gasteiger partial charge in [0, 0.05) is 6.04 Å². The van der Waals surface area contributed by atoms with Crippen LogP contribution in [0.1, 0.15) is 30.9 Å². The molecule has 1 aliphatic heterocycles. The first kappa shape index (κ1) is 10.4. The molecule has 82 valence electrons. The average Bonchev–Trinajstić information content (AvgIpc) is 2.31. The van der Waals surface area contributed by atoms with E-state index in [0.717, 1.165) is 18.5 Å². The molecular formula is C12H16FNO. The van der Waals surface area contributed by atoms with E-state index in [1.165, 1.54) is 26.0 Å². The fraction of sp³-hybridized carbons (Fsp3) is 0.500. The first-order valence-corrected chi connectivity index (χ1v) is 5.38. The van der Waals surface area contributed by atoms with Crippen LogP contribution in [0.15, 0.2) is 18.2 Å². The topological polar surface area (TPSA) is 21.3 Å². The Morgan fingerprint density at radius 1 is 1.40 bits per heavy atom. The van der Waals surface area contributed by atoms with Crippen LogP contribution in [0.4, 0.5) is 4.39 Å². The Morgan fingerprint density at radius 3 is 2.93 bits per heavy atom. The molecule has 1 aliphatic rings. The predicted molar refractivity (Wildman–Crippen MR) is 57.5 cm³/mol. The zero-order chi connectivity index (χ0) is 10.7. The summed E-state index contributed by atoms with van der Waals surface area (Å²) in [5, 5.41) is 3.43. The molecule has 0 aromatic heterocycles. The highest BCUT2D eigenvalue weighted by Gasteiger charge is 2.16. The van der Waals surface area contributed by atoms with Gasteiger partial charge in [0.15, 0.2) is 11.6 Å². The lowest BCUT2D eigenvalue weighted by molar-refractivity contribution is 0.379. The summed E-state index contributed by atoms with van der Waals surface area (Å²) in [6.45, 7) is 1.05. The molecule has 0 saturated carbocycles. The highest BCUT2D eigenvalue weighted by atomic mass is 19.1. The van der Waals surface area contributed by atoms with Crippen molar-refractivity contribution < 1.29 is 9.13 Å². The van der Waals surface area contributed by atoms with Gasteiger partial charge >= 0.3 is 0 Å². The van der Waals surface area contributed by atoms with Crippen LogP contribution in [0.25, 0.3) is 0 Å². The molecule has 15 heavy (non-hydrogen) atoms. The summed E-state index contributed by atoms with van der Waals surface area (Å²) < 4.78 is 18.2. The summed E-state index contributed by atoms with van der Waals surface area (Å²) in [5.74, 6) is 0.0388.